The maximum absolute atomic E-state index is 14.1. The van der Waals surface area contributed by atoms with E-state index in [9.17, 15) is 22.8 Å². The maximum atomic E-state index is 14.1. The maximum Gasteiger partial charge on any atom is 0.341 e. The van der Waals surface area contributed by atoms with Gasteiger partial charge in [-0.25, -0.2) is 18.0 Å². The van der Waals surface area contributed by atoms with Crippen molar-refractivity contribution in [1.82, 2.24) is 5.32 Å². The second-order valence-corrected chi connectivity index (χ2v) is 6.27. The van der Waals surface area contributed by atoms with Gasteiger partial charge in [-0.3, -0.25) is 4.79 Å². The molecule has 0 spiro atoms. The molecule has 2 atom stereocenters. The Morgan fingerprint density at radius 3 is 2.71 bits per heavy atom. The number of rotatable bonds is 5. The van der Waals surface area contributed by atoms with Crippen LogP contribution in [0.1, 0.15) is 27.1 Å². The Hall–Kier alpha value is -1.45. The van der Waals surface area contributed by atoms with Crippen LogP contribution in [0.5, 0.6) is 0 Å². The molecule has 0 bridgehead atoms. The Morgan fingerprint density at radius 1 is 1.42 bits per heavy atom. The number of ketones is 1. The molecule has 1 heterocycles. The van der Waals surface area contributed by atoms with Crippen molar-refractivity contribution in [3.05, 3.63) is 34.6 Å². The zero-order valence-corrected chi connectivity index (χ0v) is 14.3. The number of ether oxygens (including phenoxy) is 2. The van der Waals surface area contributed by atoms with Crippen LogP contribution >= 0.6 is 15.9 Å². The summed E-state index contributed by atoms with van der Waals surface area (Å²) in [5.74, 6) is -6.86. The van der Waals surface area contributed by atoms with Crippen molar-refractivity contribution >= 4 is 27.7 Å². The molecule has 1 aliphatic heterocycles. The first-order valence-electron chi connectivity index (χ1n) is 7.13. The third kappa shape index (κ3) is 3.96. The standard InChI is InChI=1S/C15H15BrF3NO4/c1-23-15(22)8-5-10(17)11(13(19)12(8)18)14(21)9(16)4-7-6-20-2-3-24-7/h5,7,9,20H,2-4,6H2,1H3/t7-,9?/m0/s1. The number of Topliss-reactive ketones (excluding diaryl/α,β-unsaturated/α-hetero) is 1. The summed E-state index contributed by atoms with van der Waals surface area (Å²) in [7, 11) is 0.948. The fourth-order valence-corrected chi connectivity index (χ4v) is 2.99. The van der Waals surface area contributed by atoms with Crippen molar-refractivity contribution in [2.45, 2.75) is 17.4 Å². The van der Waals surface area contributed by atoms with E-state index in [0.29, 0.717) is 25.8 Å². The second kappa shape index (κ2) is 8.09. The van der Waals surface area contributed by atoms with Crippen LogP contribution in [0, 0.1) is 17.5 Å². The zero-order valence-electron chi connectivity index (χ0n) is 12.7. The van der Waals surface area contributed by atoms with E-state index in [0.717, 1.165) is 7.11 Å². The predicted octanol–water partition coefficient (Wildman–Crippen LogP) is 2.22. The summed E-state index contributed by atoms with van der Waals surface area (Å²) in [6.45, 7) is 1.64. The van der Waals surface area contributed by atoms with Gasteiger partial charge in [-0.2, -0.15) is 0 Å². The number of methoxy groups -OCH3 is 1. The highest BCUT2D eigenvalue weighted by Gasteiger charge is 2.31. The van der Waals surface area contributed by atoms with E-state index < -0.39 is 45.2 Å². The molecule has 1 aliphatic rings. The van der Waals surface area contributed by atoms with E-state index in [-0.39, 0.29) is 12.5 Å². The number of halogens is 4. The first-order valence-corrected chi connectivity index (χ1v) is 8.04. The van der Waals surface area contributed by atoms with E-state index in [1.807, 2.05) is 0 Å². The number of benzene rings is 1. The molecule has 2 rings (SSSR count). The lowest BCUT2D eigenvalue weighted by molar-refractivity contribution is 0.0236. The highest BCUT2D eigenvalue weighted by Crippen LogP contribution is 2.25. The summed E-state index contributed by atoms with van der Waals surface area (Å²) >= 11 is 3.06. The molecule has 0 radical (unpaired) electrons. The van der Waals surface area contributed by atoms with Crippen molar-refractivity contribution in [3.63, 3.8) is 0 Å². The van der Waals surface area contributed by atoms with E-state index in [1.54, 1.807) is 0 Å². The Morgan fingerprint density at radius 2 is 2.12 bits per heavy atom. The van der Waals surface area contributed by atoms with Crippen molar-refractivity contribution in [2.24, 2.45) is 0 Å². The van der Waals surface area contributed by atoms with E-state index in [2.05, 4.69) is 26.0 Å². The van der Waals surface area contributed by atoms with Crippen molar-refractivity contribution in [1.29, 1.82) is 0 Å². The molecule has 1 aromatic rings. The Labute approximate surface area is 144 Å². The SMILES string of the molecule is COC(=O)c1cc(F)c(C(=O)C(Br)C[C@H]2CNCCO2)c(F)c1F. The van der Waals surface area contributed by atoms with Crippen molar-refractivity contribution in [2.75, 3.05) is 26.8 Å². The monoisotopic (exact) mass is 409 g/mol. The molecule has 1 saturated heterocycles. The van der Waals surface area contributed by atoms with Gasteiger partial charge in [0.05, 0.1) is 30.2 Å². The fourth-order valence-electron chi connectivity index (χ4n) is 2.34. The van der Waals surface area contributed by atoms with Crippen LogP contribution in [0.15, 0.2) is 6.07 Å². The molecule has 0 amide bonds. The van der Waals surface area contributed by atoms with Gasteiger partial charge in [-0.1, -0.05) is 15.9 Å². The van der Waals surface area contributed by atoms with Crippen LogP contribution in [0.4, 0.5) is 13.2 Å². The third-order valence-electron chi connectivity index (χ3n) is 3.57. The summed E-state index contributed by atoms with van der Waals surface area (Å²) in [6.07, 6.45) is -0.150. The lowest BCUT2D eigenvalue weighted by Gasteiger charge is -2.25. The van der Waals surface area contributed by atoms with Crippen LogP contribution in [-0.4, -0.2) is 49.5 Å². The third-order valence-corrected chi connectivity index (χ3v) is 4.36. The van der Waals surface area contributed by atoms with Crippen molar-refractivity contribution in [3.8, 4) is 0 Å². The lowest BCUT2D eigenvalue weighted by atomic mass is 10.0. The van der Waals surface area contributed by atoms with Crippen LogP contribution in [0.3, 0.4) is 0 Å². The van der Waals surface area contributed by atoms with Gasteiger partial charge in [0, 0.05) is 13.1 Å². The van der Waals surface area contributed by atoms with Gasteiger partial charge in [0.15, 0.2) is 17.4 Å². The largest absolute Gasteiger partial charge is 0.465 e. The summed E-state index contributed by atoms with van der Waals surface area (Å²) in [5, 5.41) is 3.06. The Bertz CT molecular complexity index is 650. The molecule has 0 aromatic heterocycles. The van der Waals surface area contributed by atoms with Gasteiger partial charge in [0.1, 0.15) is 11.4 Å². The quantitative estimate of drug-likeness (QED) is 0.349. The highest BCUT2D eigenvalue weighted by molar-refractivity contribution is 9.10. The molecule has 0 saturated carbocycles. The second-order valence-electron chi connectivity index (χ2n) is 5.16. The highest BCUT2D eigenvalue weighted by atomic mass is 79.9. The number of hydrogen-bond acceptors (Lipinski definition) is 5. The van der Waals surface area contributed by atoms with E-state index in [4.69, 9.17) is 4.74 Å². The average molecular weight is 410 g/mol. The minimum atomic E-state index is -1.72. The molecule has 1 aromatic carbocycles. The number of hydrogen-bond donors (Lipinski definition) is 1. The average Bonchev–Trinajstić information content (AvgIpc) is 2.58. The summed E-state index contributed by atoms with van der Waals surface area (Å²) in [6, 6.07) is 0.454. The van der Waals surface area contributed by atoms with Crippen molar-refractivity contribution < 1.29 is 32.2 Å². The van der Waals surface area contributed by atoms with Gasteiger partial charge in [0.2, 0.25) is 0 Å². The van der Waals surface area contributed by atoms with E-state index >= 15 is 0 Å². The molecule has 24 heavy (non-hydrogen) atoms. The molecule has 9 heteroatoms. The molecule has 5 nitrogen and oxygen atoms in total. The summed E-state index contributed by atoms with van der Waals surface area (Å²) < 4.78 is 51.8. The van der Waals surface area contributed by atoms with E-state index in [1.165, 1.54) is 0 Å². The van der Waals surface area contributed by atoms with Gasteiger partial charge in [0.25, 0.3) is 0 Å². The van der Waals surface area contributed by atoms with Crippen LogP contribution in [0.25, 0.3) is 0 Å². The van der Waals surface area contributed by atoms with Crippen LogP contribution in [-0.2, 0) is 9.47 Å². The summed E-state index contributed by atoms with van der Waals surface area (Å²) in [4.78, 5) is 22.6. The predicted molar refractivity (Wildman–Crippen MR) is 81.9 cm³/mol. The number of carbonyl (C=O) groups is 2. The smallest absolute Gasteiger partial charge is 0.341 e. The first-order chi connectivity index (χ1) is 11.4. The number of alkyl halides is 1. The van der Waals surface area contributed by atoms with Gasteiger partial charge in [-0.05, 0) is 12.5 Å². The normalized spacial score (nSPS) is 19.0. The van der Waals surface area contributed by atoms with Gasteiger partial charge < -0.3 is 14.8 Å². The molecule has 0 aliphatic carbocycles. The molecule has 1 unspecified atom stereocenters. The fraction of sp³-hybridized carbons (Fsp3) is 0.467. The van der Waals surface area contributed by atoms with Gasteiger partial charge in [-0.15, -0.1) is 0 Å². The number of esters is 1. The van der Waals surface area contributed by atoms with Crippen LogP contribution in [0.2, 0.25) is 0 Å². The summed E-state index contributed by atoms with van der Waals surface area (Å²) in [5.41, 5.74) is -1.94. The lowest BCUT2D eigenvalue weighted by Crippen LogP contribution is -2.40. The number of carbonyl (C=O) groups excluding carboxylic acids is 2. The zero-order chi connectivity index (χ0) is 17.9. The number of nitrogens with one attached hydrogen (secondary N) is 1. The minimum absolute atomic E-state index is 0.158. The molecule has 1 N–H and O–H groups in total. The first kappa shape index (κ1) is 18.9. The number of morpholine rings is 1. The molecular formula is C15H15BrF3NO4. The van der Waals surface area contributed by atoms with Crippen LogP contribution < -0.4 is 5.32 Å². The molecule has 1 fully saturated rings. The topological polar surface area (TPSA) is 64.6 Å². The Balaban J connectivity index is 2.25. The minimum Gasteiger partial charge on any atom is -0.465 e. The molecule has 132 valence electrons. The molecular weight excluding hydrogens is 395 g/mol. The Kier molecular flexibility index (Phi) is 6.36. The van der Waals surface area contributed by atoms with Gasteiger partial charge >= 0.3 is 5.97 Å².